The Kier molecular flexibility index (Phi) is 3.58. The highest BCUT2D eigenvalue weighted by molar-refractivity contribution is 5.88. The standard InChI is InChI=1S/C10H11N5O3/c1-6-14-9(15-18-6)4-11-3-8-7(10(16)17)2-12-5-13-8/h2,5,11H,3-4H2,1H3,(H,16,17). The van der Waals surface area contributed by atoms with Crippen LogP contribution in [-0.2, 0) is 13.1 Å². The summed E-state index contributed by atoms with van der Waals surface area (Å²) < 4.78 is 4.81. The van der Waals surface area contributed by atoms with E-state index in [0.717, 1.165) is 0 Å². The molecule has 2 N–H and O–H groups in total. The number of aryl methyl sites for hydroxylation is 1. The van der Waals surface area contributed by atoms with Gasteiger partial charge in [0.15, 0.2) is 5.82 Å². The molecule has 2 heterocycles. The summed E-state index contributed by atoms with van der Waals surface area (Å²) in [6.07, 6.45) is 2.58. The van der Waals surface area contributed by atoms with Gasteiger partial charge in [-0.2, -0.15) is 4.98 Å². The zero-order valence-electron chi connectivity index (χ0n) is 9.62. The Bertz CT molecular complexity index is 554. The number of carboxylic acids is 1. The third kappa shape index (κ3) is 2.86. The normalized spacial score (nSPS) is 10.5. The number of carbonyl (C=O) groups is 1. The largest absolute Gasteiger partial charge is 0.478 e. The molecular formula is C10H11N5O3. The molecule has 0 aromatic carbocycles. The van der Waals surface area contributed by atoms with Crippen LogP contribution in [0.5, 0.6) is 0 Å². The molecule has 0 amide bonds. The topological polar surface area (TPSA) is 114 Å². The van der Waals surface area contributed by atoms with Crippen LogP contribution < -0.4 is 5.32 Å². The van der Waals surface area contributed by atoms with Crippen LogP contribution in [0.25, 0.3) is 0 Å². The predicted molar refractivity (Wildman–Crippen MR) is 58.6 cm³/mol. The second-order valence-electron chi connectivity index (χ2n) is 3.52. The van der Waals surface area contributed by atoms with Crippen LogP contribution in [0.1, 0.15) is 27.8 Å². The fourth-order valence-corrected chi connectivity index (χ4v) is 1.38. The minimum absolute atomic E-state index is 0.0780. The number of rotatable bonds is 5. The summed E-state index contributed by atoms with van der Waals surface area (Å²) in [6, 6.07) is 0. The van der Waals surface area contributed by atoms with Gasteiger partial charge >= 0.3 is 5.97 Å². The first-order chi connectivity index (χ1) is 8.66. The van der Waals surface area contributed by atoms with Gasteiger partial charge in [0.25, 0.3) is 0 Å². The first kappa shape index (κ1) is 12.1. The van der Waals surface area contributed by atoms with Gasteiger partial charge in [-0.3, -0.25) is 0 Å². The van der Waals surface area contributed by atoms with Crippen LogP contribution in [-0.4, -0.2) is 31.2 Å². The molecule has 0 atom stereocenters. The Labute approximate surface area is 102 Å². The summed E-state index contributed by atoms with van der Waals surface area (Å²) in [6.45, 7) is 2.36. The molecule has 18 heavy (non-hydrogen) atoms. The maximum atomic E-state index is 10.9. The van der Waals surface area contributed by atoms with E-state index in [2.05, 4.69) is 25.4 Å². The Morgan fingerprint density at radius 1 is 1.50 bits per heavy atom. The smallest absolute Gasteiger partial charge is 0.339 e. The Hall–Kier alpha value is -2.35. The van der Waals surface area contributed by atoms with E-state index in [9.17, 15) is 4.79 Å². The maximum Gasteiger partial charge on any atom is 0.339 e. The molecule has 0 aliphatic carbocycles. The lowest BCUT2D eigenvalue weighted by molar-refractivity contribution is 0.0694. The second-order valence-corrected chi connectivity index (χ2v) is 3.52. The number of aromatic nitrogens is 4. The van der Waals surface area contributed by atoms with Crippen molar-refractivity contribution in [2.24, 2.45) is 0 Å². The van der Waals surface area contributed by atoms with Crippen molar-refractivity contribution in [3.63, 3.8) is 0 Å². The fraction of sp³-hybridized carbons (Fsp3) is 0.300. The summed E-state index contributed by atoms with van der Waals surface area (Å²) in [5.41, 5.74) is 0.493. The number of aromatic carboxylic acids is 1. The van der Waals surface area contributed by atoms with Crippen LogP contribution in [0.15, 0.2) is 17.0 Å². The lowest BCUT2D eigenvalue weighted by atomic mass is 10.2. The third-order valence-electron chi connectivity index (χ3n) is 2.17. The van der Waals surface area contributed by atoms with Gasteiger partial charge in [-0.05, 0) is 0 Å². The molecule has 0 unspecified atom stereocenters. The molecule has 8 nitrogen and oxygen atoms in total. The van der Waals surface area contributed by atoms with Crippen molar-refractivity contribution in [1.29, 1.82) is 0 Å². The van der Waals surface area contributed by atoms with Gasteiger partial charge in [0.2, 0.25) is 5.89 Å². The van der Waals surface area contributed by atoms with E-state index in [1.165, 1.54) is 12.5 Å². The Balaban J connectivity index is 1.96. The van der Waals surface area contributed by atoms with Crippen molar-refractivity contribution in [3.05, 3.63) is 35.5 Å². The second kappa shape index (κ2) is 5.32. The lowest BCUT2D eigenvalue weighted by Gasteiger charge is -2.04. The van der Waals surface area contributed by atoms with Crippen molar-refractivity contribution in [3.8, 4) is 0 Å². The van der Waals surface area contributed by atoms with Gasteiger partial charge in [0.1, 0.15) is 11.9 Å². The molecule has 2 rings (SSSR count). The van der Waals surface area contributed by atoms with E-state index in [0.29, 0.717) is 24.0 Å². The number of hydrogen-bond acceptors (Lipinski definition) is 7. The number of carboxylic acid groups (broad SMARTS) is 1. The van der Waals surface area contributed by atoms with Crippen molar-refractivity contribution in [2.45, 2.75) is 20.0 Å². The van der Waals surface area contributed by atoms with Crippen molar-refractivity contribution in [1.82, 2.24) is 25.4 Å². The maximum absolute atomic E-state index is 10.9. The summed E-state index contributed by atoms with van der Waals surface area (Å²) in [5, 5.41) is 15.6. The average Bonchev–Trinajstić information content (AvgIpc) is 2.75. The first-order valence-corrected chi connectivity index (χ1v) is 5.19. The Morgan fingerprint density at radius 3 is 3.00 bits per heavy atom. The van der Waals surface area contributed by atoms with Crippen LogP contribution in [0, 0.1) is 6.92 Å². The molecular weight excluding hydrogens is 238 g/mol. The summed E-state index contributed by atoms with van der Waals surface area (Å²) >= 11 is 0. The van der Waals surface area contributed by atoms with Gasteiger partial charge in [-0.1, -0.05) is 5.16 Å². The number of nitrogens with zero attached hydrogens (tertiary/aromatic N) is 4. The minimum atomic E-state index is -1.05. The molecule has 2 aromatic rings. The molecule has 0 radical (unpaired) electrons. The summed E-state index contributed by atoms with van der Waals surface area (Å²) in [5.74, 6) is -0.0544. The summed E-state index contributed by atoms with van der Waals surface area (Å²) in [7, 11) is 0. The molecule has 0 saturated carbocycles. The van der Waals surface area contributed by atoms with Gasteiger partial charge in [0.05, 0.1) is 12.2 Å². The Morgan fingerprint density at radius 2 is 2.33 bits per heavy atom. The van der Waals surface area contributed by atoms with Gasteiger partial charge in [-0.15, -0.1) is 0 Å². The highest BCUT2D eigenvalue weighted by Crippen LogP contribution is 2.03. The molecule has 0 aliphatic rings. The van der Waals surface area contributed by atoms with Gasteiger partial charge in [0, 0.05) is 19.7 Å². The third-order valence-corrected chi connectivity index (χ3v) is 2.17. The zero-order chi connectivity index (χ0) is 13.0. The fourth-order valence-electron chi connectivity index (χ4n) is 1.38. The van der Waals surface area contributed by atoms with E-state index < -0.39 is 5.97 Å². The molecule has 0 bridgehead atoms. The quantitative estimate of drug-likeness (QED) is 0.769. The predicted octanol–water partition coefficient (Wildman–Crippen LogP) is 0.156. The van der Waals surface area contributed by atoms with Crippen LogP contribution in [0.4, 0.5) is 0 Å². The molecule has 0 saturated heterocycles. The number of hydrogen-bond donors (Lipinski definition) is 2. The number of nitrogens with one attached hydrogen (secondary N) is 1. The van der Waals surface area contributed by atoms with E-state index in [1.807, 2.05) is 0 Å². The molecule has 94 valence electrons. The zero-order valence-corrected chi connectivity index (χ0v) is 9.62. The molecule has 8 heteroatoms. The van der Waals surface area contributed by atoms with Gasteiger partial charge < -0.3 is 14.9 Å². The van der Waals surface area contributed by atoms with Crippen LogP contribution >= 0.6 is 0 Å². The van der Waals surface area contributed by atoms with E-state index in [-0.39, 0.29) is 12.1 Å². The minimum Gasteiger partial charge on any atom is -0.478 e. The van der Waals surface area contributed by atoms with Crippen LogP contribution in [0.3, 0.4) is 0 Å². The van der Waals surface area contributed by atoms with E-state index in [4.69, 9.17) is 9.63 Å². The lowest BCUT2D eigenvalue weighted by Crippen LogP contribution is -2.17. The average molecular weight is 249 g/mol. The van der Waals surface area contributed by atoms with E-state index in [1.54, 1.807) is 6.92 Å². The molecule has 0 fully saturated rings. The SMILES string of the molecule is Cc1nc(CNCc2ncncc2C(=O)O)no1. The summed E-state index contributed by atoms with van der Waals surface area (Å²) in [4.78, 5) is 22.5. The first-order valence-electron chi connectivity index (χ1n) is 5.19. The molecule has 0 spiro atoms. The van der Waals surface area contributed by atoms with Crippen LogP contribution in [0.2, 0.25) is 0 Å². The van der Waals surface area contributed by atoms with Crippen molar-refractivity contribution >= 4 is 5.97 Å². The highest BCUT2D eigenvalue weighted by Gasteiger charge is 2.11. The monoisotopic (exact) mass is 249 g/mol. The molecule has 0 aliphatic heterocycles. The van der Waals surface area contributed by atoms with Gasteiger partial charge in [-0.25, -0.2) is 14.8 Å². The van der Waals surface area contributed by atoms with Crippen molar-refractivity contribution in [2.75, 3.05) is 0 Å². The van der Waals surface area contributed by atoms with Crippen molar-refractivity contribution < 1.29 is 14.4 Å². The highest BCUT2D eigenvalue weighted by atomic mass is 16.5. The van der Waals surface area contributed by atoms with E-state index >= 15 is 0 Å². The molecule has 2 aromatic heterocycles.